The minimum atomic E-state index is -1.88. The molecule has 0 bridgehead atoms. The van der Waals surface area contributed by atoms with Gasteiger partial charge in [-0.15, -0.1) is 0 Å². The fraction of sp³-hybridized carbons (Fsp3) is 0.765. The van der Waals surface area contributed by atoms with Crippen molar-refractivity contribution < 1.29 is 16.1 Å². The molecule has 0 aromatic heterocycles. The van der Waals surface area contributed by atoms with E-state index < -0.39 is 16.1 Å². The molecule has 0 N–H and O–H groups in total. The van der Waals surface area contributed by atoms with Crippen LogP contribution in [0.4, 0.5) is 0 Å². The summed E-state index contributed by atoms with van der Waals surface area (Å²) in [5.74, 6) is 0. The van der Waals surface area contributed by atoms with Gasteiger partial charge in [-0.05, 0) is 0 Å². The fourth-order valence-corrected chi connectivity index (χ4v) is 20.8. The van der Waals surface area contributed by atoms with Crippen LogP contribution in [0.1, 0.15) is 60.8 Å². The molecule has 0 saturated heterocycles. The minimum absolute atomic E-state index is 0.817. The predicted molar refractivity (Wildman–Crippen MR) is 81.2 cm³/mol. The summed E-state index contributed by atoms with van der Waals surface area (Å²) in [5, 5.41) is 0. The Balaban J connectivity index is 3.24. The molecular weight excluding hydrogens is 399 g/mol. The number of hydrogen-bond donors (Lipinski definition) is 0. The normalized spacial score (nSPS) is 25.7. The van der Waals surface area contributed by atoms with Crippen LogP contribution in [0, 0.1) is 0 Å². The zero-order chi connectivity index (χ0) is 13.8. The first-order valence-corrected chi connectivity index (χ1v) is 12.7. The second-order valence-electron chi connectivity index (χ2n) is 5.19. The fourth-order valence-electron chi connectivity index (χ4n) is 2.82. The van der Waals surface area contributed by atoms with Crippen molar-refractivity contribution in [3.05, 3.63) is 24.3 Å². The van der Waals surface area contributed by atoms with E-state index in [0.29, 0.717) is 0 Å². The molecule has 0 fully saturated rings. The van der Waals surface area contributed by atoms with Crippen LogP contribution >= 0.6 is 0 Å². The van der Waals surface area contributed by atoms with Crippen molar-refractivity contribution >= 4 is 0 Å². The zero-order valence-electron chi connectivity index (χ0n) is 13.1. The van der Waals surface area contributed by atoms with Gasteiger partial charge in [0.25, 0.3) is 0 Å². The predicted octanol–water partition coefficient (Wildman–Crippen LogP) is 6.71. The van der Waals surface area contributed by atoms with E-state index in [1.807, 2.05) is 0 Å². The van der Waals surface area contributed by atoms with Crippen LogP contribution < -0.4 is 0 Å². The molecule has 0 radical (unpaired) electrons. The summed E-state index contributed by atoms with van der Waals surface area (Å²) in [6.45, 7) is 14.8. The summed E-state index contributed by atoms with van der Waals surface area (Å²) < 4.78 is 3.69. The third-order valence-corrected chi connectivity index (χ3v) is 22.2. The third-order valence-electron chi connectivity index (χ3n) is 4.27. The maximum absolute atomic E-state index is 2.55. The van der Waals surface area contributed by atoms with Crippen LogP contribution in [-0.2, 0) is 16.1 Å². The molecule has 1 aliphatic carbocycles. The first-order valence-electron chi connectivity index (χ1n) is 7.48. The van der Waals surface area contributed by atoms with Crippen LogP contribution in [0.25, 0.3) is 0 Å². The maximum atomic E-state index is 2.55. The van der Waals surface area contributed by atoms with Crippen molar-refractivity contribution in [1.29, 1.82) is 0 Å². The quantitative estimate of drug-likeness (QED) is 0.420. The van der Waals surface area contributed by atoms with Gasteiger partial charge < -0.3 is 0 Å². The molecule has 110 valence electrons. The van der Waals surface area contributed by atoms with Gasteiger partial charge in [0.1, 0.15) is 0 Å². The topological polar surface area (TPSA) is 0 Å². The van der Waals surface area contributed by atoms with Crippen LogP contribution in [0.5, 0.6) is 0 Å². The molecule has 0 nitrogen and oxygen atoms in total. The van der Waals surface area contributed by atoms with Gasteiger partial charge in [-0.3, -0.25) is 0 Å². The number of allylic oxidation sites excluding steroid dienone is 4. The van der Waals surface area contributed by atoms with Crippen LogP contribution in [0.15, 0.2) is 24.3 Å². The molecule has 18 heavy (non-hydrogen) atoms. The van der Waals surface area contributed by atoms with Crippen molar-refractivity contribution in [2.24, 2.45) is 0 Å². The third kappa shape index (κ3) is 2.69. The van der Waals surface area contributed by atoms with Gasteiger partial charge in [0.2, 0.25) is 0 Å². The average Bonchev–Trinajstić information content (AvgIpc) is 2.92. The molecule has 0 aromatic rings. The van der Waals surface area contributed by atoms with Gasteiger partial charge >= 0.3 is 118 Å². The number of hydrogen-bond acceptors (Lipinski definition) is 0. The molecule has 0 amide bonds. The SMILES string of the molecule is CC[CH](C)[Pt]([CH]1C=CC=C1)([CH](C)CC)[CH](C)CC. The van der Waals surface area contributed by atoms with Crippen LogP contribution in [-0.4, -0.2) is 0 Å². The molecule has 0 aromatic carbocycles. The Bertz CT molecular complexity index is 264. The van der Waals surface area contributed by atoms with Gasteiger partial charge in [-0.2, -0.15) is 0 Å². The first-order chi connectivity index (χ1) is 8.55. The van der Waals surface area contributed by atoms with E-state index in [1.54, 1.807) is 0 Å². The Morgan fingerprint density at radius 3 is 1.39 bits per heavy atom. The van der Waals surface area contributed by atoms with Gasteiger partial charge in [0.15, 0.2) is 0 Å². The summed E-state index contributed by atoms with van der Waals surface area (Å²) in [5.41, 5.74) is 0. The Labute approximate surface area is 118 Å². The van der Waals surface area contributed by atoms with E-state index in [-0.39, 0.29) is 0 Å². The van der Waals surface area contributed by atoms with E-state index in [0.717, 1.165) is 17.2 Å². The Hall–Kier alpha value is 0.168. The first kappa shape index (κ1) is 16.2. The zero-order valence-corrected chi connectivity index (χ0v) is 15.3. The van der Waals surface area contributed by atoms with Crippen molar-refractivity contribution in [2.75, 3.05) is 0 Å². The summed E-state index contributed by atoms with van der Waals surface area (Å²) in [7, 11) is 0. The van der Waals surface area contributed by atoms with Crippen molar-refractivity contribution in [3.63, 3.8) is 0 Å². The summed E-state index contributed by atoms with van der Waals surface area (Å²) in [4.78, 5) is 0. The van der Waals surface area contributed by atoms with E-state index in [1.165, 1.54) is 19.3 Å². The molecule has 1 aliphatic rings. The molecule has 0 heterocycles. The van der Waals surface area contributed by atoms with E-state index in [2.05, 4.69) is 65.8 Å². The van der Waals surface area contributed by atoms with E-state index in [9.17, 15) is 0 Å². The summed E-state index contributed by atoms with van der Waals surface area (Å²) in [6, 6.07) is 0. The van der Waals surface area contributed by atoms with Crippen molar-refractivity contribution in [2.45, 2.75) is 78.0 Å². The van der Waals surface area contributed by atoms with Gasteiger partial charge in [0, 0.05) is 0 Å². The molecule has 3 unspecified atom stereocenters. The van der Waals surface area contributed by atoms with E-state index >= 15 is 0 Å². The number of rotatable bonds is 7. The summed E-state index contributed by atoms with van der Waals surface area (Å²) in [6.07, 6.45) is 13.7. The molecular formula is C17H32Pt. The Morgan fingerprint density at radius 2 is 1.11 bits per heavy atom. The van der Waals surface area contributed by atoms with Crippen LogP contribution in [0.2, 0.25) is 17.2 Å². The monoisotopic (exact) mass is 431 g/mol. The van der Waals surface area contributed by atoms with Crippen molar-refractivity contribution in [1.82, 2.24) is 0 Å². The van der Waals surface area contributed by atoms with Gasteiger partial charge in [-0.1, -0.05) is 0 Å². The van der Waals surface area contributed by atoms with Gasteiger partial charge in [0.05, 0.1) is 0 Å². The van der Waals surface area contributed by atoms with Crippen molar-refractivity contribution in [3.8, 4) is 0 Å². The molecule has 1 heteroatoms. The molecule has 0 aliphatic heterocycles. The van der Waals surface area contributed by atoms with Crippen LogP contribution in [0.3, 0.4) is 0 Å². The second kappa shape index (κ2) is 7.09. The molecule has 0 saturated carbocycles. The molecule has 3 atom stereocenters. The Kier molecular flexibility index (Phi) is 6.39. The Morgan fingerprint density at radius 1 is 0.778 bits per heavy atom. The standard InChI is InChI=1S/C5H5.3C4H9.Pt/c1-2-4-5-3-1;3*1-3-4-2;/h1-5H;3*3H,4H2,1-2H3;. The molecule has 0 spiro atoms. The average molecular weight is 432 g/mol. The summed E-state index contributed by atoms with van der Waals surface area (Å²) >= 11 is -1.88. The second-order valence-corrected chi connectivity index (χ2v) is 18.0. The van der Waals surface area contributed by atoms with E-state index in [4.69, 9.17) is 0 Å². The molecule has 1 rings (SSSR count). The van der Waals surface area contributed by atoms with Gasteiger partial charge in [-0.25, -0.2) is 0 Å².